The fourth-order valence-corrected chi connectivity index (χ4v) is 7.23. The Morgan fingerprint density at radius 3 is 2.40 bits per heavy atom. The van der Waals surface area contributed by atoms with Crippen molar-refractivity contribution in [1.82, 2.24) is 10.2 Å². The standard InChI is InChI=1S/C30H54Cl2N2O/c1-21(2)28(33-17-22-8-13-27(32)24(16-22)19-35-29(3,4)5)18-34-15-14-26(30(6,7)20-34)23-9-11-25(31)12-10-23/h8,21,23-28,33H,9-20H2,1-7H3/t23?,24?,25?,26?,27?,28-/m0/s1. The molecule has 0 bridgehead atoms. The third-order valence-electron chi connectivity index (χ3n) is 8.91. The van der Waals surface area contributed by atoms with Gasteiger partial charge in [-0.2, -0.15) is 0 Å². The Labute approximate surface area is 227 Å². The first-order valence-corrected chi connectivity index (χ1v) is 15.3. The van der Waals surface area contributed by atoms with Crippen LogP contribution < -0.4 is 5.32 Å². The van der Waals surface area contributed by atoms with Crippen LogP contribution in [0.25, 0.3) is 0 Å². The lowest BCUT2D eigenvalue weighted by atomic mass is 9.64. The van der Waals surface area contributed by atoms with Crippen molar-refractivity contribution in [3.63, 3.8) is 0 Å². The molecule has 0 aromatic heterocycles. The Morgan fingerprint density at radius 1 is 1.11 bits per heavy atom. The van der Waals surface area contributed by atoms with Gasteiger partial charge in [-0.1, -0.05) is 39.3 Å². The number of nitrogens with one attached hydrogen (secondary N) is 1. The first-order chi connectivity index (χ1) is 16.3. The van der Waals surface area contributed by atoms with E-state index in [4.69, 9.17) is 27.9 Å². The number of alkyl halides is 2. The van der Waals surface area contributed by atoms with Crippen molar-refractivity contribution in [3.05, 3.63) is 11.6 Å². The maximum absolute atomic E-state index is 6.66. The Hall–Kier alpha value is 0.200. The normalized spacial score (nSPS) is 33.5. The van der Waals surface area contributed by atoms with Gasteiger partial charge in [0.05, 0.1) is 12.2 Å². The van der Waals surface area contributed by atoms with Gasteiger partial charge in [-0.15, -0.1) is 23.2 Å². The summed E-state index contributed by atoms with van der Waals surface area (Å²) in [6, 6.07) is 0.507. The van der Waals surface area contributed by atoms with Crippen molar-refractivity contribution in [2.45, 2.75) is 116 Å². The minimum absolute atomic E-state index is 0.107. The van der Waals surface area contributed by atoms with Gasteiger partial charge in [-0.25, -0.2) is 0 Å². The third-order valence-corrected chi connectivity index (χ3v) is 9.88. The second-order valence-electron chi connectivity index (χ2n) is 13.9. The first-order valence-electron chi connectivity index (χ1n) is 14.4. The zero-order valence-electron chi connectivity index (χ0n) is 23.7. The summed E-state index contributed by atoms with van der Waals surface area (Å²) in [4.78, 5) is 2.74. The number of rotatable bonds is 9. The van der Waals surface area contributed by atoms with Crippen LogP contribution in [0.3, 0.4) is 0 Å². The van der Waals surface area contributed by atoms with Crippen molar-refractivity contribution in [3.8, 4) is 0 Å². The lowest BCUT2D eigenvalue weighted by Gasteiger charge is -2.49. The van der Waals surface area contributed by atoms with Crippen LogP contribution in [-0.4, -0.2) is 60.1 Å². The maximum Gasteiger partial charge on any atom is 0.0598 e. The molecule has 5 heteroatoms. The number of halogens is 2. The monoisotopic (exact) mass is 528 g/mol. The summed E-state index contributed by atoms with van der Waals surface area (Å²) in [5, 5.41) is 4.55. The van der Waals surface area contributed by atoms with Gasteiger partial charge in [-0.05, 0) is 95.4 Å². The zero-order valence-corrected chi connectivity index (χ0v) is 25.2. The Morgan fingerprint density at radius 2 is 1.80 bits per heavy atom. The van der Waals surface area contributed by atoms with E-state index in [0.29, 0.717) is 28.7 Å². The summed E-state index contributed by atoms with van der Waals surface area (Å²) >= 11 is 13.1. The van der Waals surface area contributed by atoms with E-state index in [1.54, 1.807) is 0 Å². The molecule has 1 heterocycles. The Balaban J connectivity index is 1.50. The van der Waals surface area contributed by atoms with E-state index in [-0.39, 0.29) is 11.0 Å². The molecule has 3 rings (SSSR count). The van der Waals surface area contributed by atoms with Crippen LogP contribution in [0.15, 0.2) is 11.6 Å². The molecule has 3 nitrogen and oxygen atoms in total. The summed E-state index contributed by atoms with van der Waals surface area (Å²) in [7, 11) is 0. The zero-order chi connectivity index (χ0) is 25.8. The van der Waals surface area contributed by atoms with E-state index in [9.17, 15) is 0 Å². The molecule has 1 aliphatic heterocycles. The lowest BCUT2D eigenvalue weighted by Crippen LogP contribution is -2.53. The van der Waals surface area contributed by atoms with E-state index in [1.165, 1.54) is 50.8 Å². The molecule has 35 heavy (non-hydrogen) atoms. The fraction of sp³-hybridized carbons (Fsp3) is 0.933. The van der Waals surface area contributed by atoms with Gasteiger partial charge < -0.3 is 15.0 Å². The molecule has 0 spiro atoms. The van der Waals surface area contributed by atoms with Gasteiger partial charge >= 0.3 is 0 Å². The Bertz CT molecular complexity index is 678. The highest BCUT2D eigenvalue weighted by Gasteiger charge is 2.41. The average Bonchev–Trinajstić information content (AvgIpc) is 2.76. The molecule has 1 saturated carbocycles. The lowest BCUT2D eigenvalue weighted by molar-refractivity contribution is -0.0233. The molecule has 0 radical (unpaired) electrons. The number of likely N-dealkylation sites (tertiary alicyclic amines) is 1. The first kappa shape index (κ1) is 29.8. The molecule has 2 aliphatic carbocycles. The predicted octanol–water partition coefficient (Wildman–Crippen LogP) is 7.51. The molecule has 0 amide bonds. The van der Waals surface area contributed by atoms with Crippen LogP contribution in [0.2, 0.25) is 0 Å². The van der Waals surface area contributed by atoms with E-state index in [2.05, 4.69) is 64.8 Å². The van der Waals surface area contributed by atoms with Gasteiger partial charge in [-0.3, -0.25) is 0 Å². The van der Waals surface area contributed by atoms with Crippen LogP contribution >= 0.6 is 23.2 Å². The van der Waals surface area contributed by atoms with E-state index >= 15 is 0 Å². The second kappa shape index (κ2) is 12.8. The molecule has 4 atom stereocenters. The summed E-state index contributed by atoms with van der Waals surface area (Å²) in [6.45, 7) is 21.5. The summed E-state index contributed by atoms with van der Waals surface area (Å²) in [6.07, 6.45) is 10.8. The van der Waals surface area contributed by atoms with Crippen molar-refractivity contribution in [1.29, 1.82) is 0 Å². The Kier molecular flexibility index (Phi) is 10.9. The highest BCUT2D eigenvalue weighted by atomic mass is 35.5. The molecular formula is C30H54Cl2N2O. The molecule has 204 valence electrons. The predicted molar refractivity (Wildman–Crippen MR) is 153 cm³/mol. The summed E-state index contributed by atoms with van der Waals surface area (Å²) in [5.74, 6) is 2.74. The number of allylic oxidation sites excluding steroid dienone is 1. The quantitative estimate of drug-likeness (QED) is 0.247. The molecular weight excluding hydrogens is 475 g/mol. The number of nitrogens with zero attached hydrogens (tertiary/aromatic N) is 1. The smallest absolute Gasteiger partial charge is 0.0598 e. The molecule has 3 unspecified atom stereocenters. The van der Waals surface area contributed by atoms with Gasteiger partial charge in [0.15, 0.2) is 0 Å². The molecule has 0 aromatic carbocycles. The van der Waals surface area contributed by atoms with Crippen molar-refractivity contribution >= 4 is 23.2 Å². The van der Waals surface area contributed by atoms with Crippen LogP contribution in [0.4, 0.5) is 0 Å². The van der Waals surface area contributed by atoms with Gasteiger partial charge in [0, 0.05) is 42.3 Å². The number of hydrogen-bond acceptors (Lipinski definition) is 3. The molecule has 0 aromatic rings. The van der Waals surface area contributed by atoms with Gasteiger partial charge in [0.1, 0.15) is 0 Å². The summed E-state index contributed by atoms with van der Waals surface area (Å²) < 4.78 is 6.08. The van der Waals surface area contributed by atoms with Crippen molar-refractivity contribution in [2.75, 3.05) is 32.8 Å². The second-order valence-corrected chi connectivity index (χ2v) is 15.0. The molecule has 2 fully saturated rings. The number of hydrogen-bond donors (Lipinski definition) is 1. The topological polar surface area (TPSA) is 24.5 Å². The average molecular weight is 530 g/mol. The molecule has 1 saturated heterocycles. The highest BCUT2D eigenvalue weighted by molar-refractivity contribution is 6.21. The van der Waals surface area contributed by atoms with Crippen LogP contribution in [0.1, 0.15) is 93.4 Å². The third kappa shape index (κ3) is 9.17. The summed E-state index contributed by atoms with van der Waals surface area (Å²) in [5.41, 5.74) is 1.78. The minimum atomic E-state index is -0.107. The fourth-order valence-electron chi connectivity index (χ4n) is 6.73. The van der Waals surface area contributed by atoms with E-state index in [0.717, 1.165) is 44.4 Å². The van der Waals surface area contributed by atoms with Crippen LogP contribution in [0.5, 0.6) is 0 Å². The van der Waals surface area contributed by atoms with E-state index in [1.807, 2.05) is 0 Å². The van der Waals surface area contributed by atoms with Crippen molar-refractivity contribution < 1.29 is 4.74 Å². The van der Waals surface area contributed by atoms with Crippen molar-refractivity contribution in [2.24, 2.45) is 29.1 Å². The molecule has 3 aliphatic rings. The van der Waals surface area contributed by atoms with Crippen LogP contribution in [0, 0.1) is 29.1 Å². The maximum atomic E-state index is 6.66. The largest absolute Gasteiger partial charge is 0.376 e. The van der Waals surface area contributed by atoms with E-state index < -0.39 is 0 Å². The number of piperidine rings is 1. The minimum Gasteiger partial charge on any atom is -0.376 e. The molecule has 1 N–H and O–H groups in total. The SMILES string of the molecule is CC(C)[C@H](CN1CCC(C2CCC(Cl)CC2)C(C)(C)C1)NCC1=CCC(Cl)C(COC(C)(C)C)C1. The number of ether oxygens (including phenoxy) is 1. The van der Waals surface area contributed by atoms with Gasteiger partial charge in [0.2, 0.25) is 0 Å². The highest BCUT2D eigenvalue weighted by Crippen LogP contribution is 2.45. The van der Waals surface area contributed by atoms with Gasteiger partial charge in [0.25, 0.3) is 0 Å². The van der Waals surface area contributed by atoms with Crippen LogP contribution in [-0.2, 0) is 4.74 Å².